The average molecular weight is 280 g/mol. The molecule has 0 aliphatic rings. The lowest BCUT2D eigenvalue weighted by molar-refractivity contribution is 0.805. The molecular weight excluding hydrogens is 265 g/mol. The third kappa shape index (κ3) is 3.66. The van der Waals surface area contributed by atoms with Gasteiger partial charge in [-0.25, -0.2) is 0 Å². The Morgan fingerprint density at radius 3 is 2.22 bits per heavy atom. The smallest absolute Gasteiger partial charge is 0.0441 e. The number of rotatable bonds is 4. The maximum Gasteiger partial charge on any atom is 0.0441 e. The molecule has 0 heterocycles. The molecule has 0 aromatic heterocycles. The van der Waals surface area contributed by atoms with Gasteiger partial charge in [-0.1, -0.05) is 60.5 Å². The Morgan fingerprint density at radius 2 is 1.61 bits per heavy atom. The topological polar surface area (TPSA) is 12.0 Å². The molecule has 3 heteroatoms. The van der Waals surface area contributed by atoms with Crippen LogP contribution in [0.3, 0.4) is 0 Å². The van der Waals surface area contributed by atoms with Gasteiger partial charge in [0, 0.05) is 22.3 Å². The Morgan fingerprint density at radius 1 is 1.00 bits per heavy atom. The first-order valence-corrected chi connectivity index (χ1v) is 6.65. The van der Waals surface area contributed by atoms with Crippen LogP contribution in [0.4, 0.5) is 5.69 Å². The van der Waals surface area contributed by atoms with Gasteiger partial charge in [0.1, 0.15) is 0 Å². The zero-order valence-corrected chi connectivity index (χ0v) is 11.7. The second-order valence-electron chi connectivity index (χ2n) is 4.35. The van der Waals surface area contributed by atoms with Crippen LogP contribution in [0.15, 0.2) is 48.5 Å². The highest BCUT2D eigenvalue weighted by molar-refractivity contribution is 6.35. The second-order valence-corrected chi connectivity index (χ2v) is 5.22. The van der Waals surface area contributed by atoms with E-state index in [9.17, 15) is 0 Å². The van der Waals surface area contributed by atoms with Gasteiger partial charge in [0.2, 0.25) is 0 Å². The van der Waals surface area contributed by atoms with Crippen molar-refractivity contribution in [1.82, 2.24) is 0 Å². The first kappa shape index (κ1) is 13.3. The van der Waals surface area contributed by atoms with E-state index in [1.165, 1.54) is 5.56 Å². The number of nitrogens with one attached hydrogen (secondary N) is 1. The molecule has 0 aliphatic carbocycles. The fraction of sp³-hybridized carbons (Fsp3) is 0.200. The molecule has 0 spiro atoms. The van der Waals surface area contributed by atoms with E-state index in [0.29, 0.717) is 16.0 Å². The Balaban J connectivity index is 1.99. The second kappa shape index (κ2) is 6.12. The lowest BCUT2D eigenvalue weighted by Crippen LogP contribution is -2.09. The van der Waals surface area contributed by atoms with Gasteiger partial charge >= 0.3 is 0 Å². The Hall–Kier alpha value is -1.18. The molecule has 2 rings (SSSR count). The van der Waals surface area contributed by atoms with Crippen molar-refractivity contribution in [1.29, 1.82) is 0 Å². The summed E-state index contributed by atoms with van der Waals surface area (Å²) in [6.07, 6.45) is 0. The minimum Gasteiger partial charge on any atom is -0.384 e. The van der Waals surface area contributed by atoms with Crippen LogP contribution in [0.2, 0.25) is 10.0 Å². The average Bonchev–Trinajstić information content (AvgIpc) is 2.36. The van der Waals surface area contributed by atoms with Crippen LogP contribution in [-0.2, 0) is 0 Å². The lowest BCUT2D eigenvalue weighted by Gasteiger charge is -2.14. The minimum absolute atomic E-state index is 0.434. The number of hydrogen-bond donors (Lipinski definition) is 1. The van der Waals surface area contributed by atoms with Crippen molar-refractivity contribution >= 4 is 28.9 Å². The van der Waals surface area contributed by atoms with Gasteiger partial charge in [-0.15, -0.1) is 0 Å². The molecule has 0 aliphatic heterocycles. The molecule has 0 radical (unpaired) electrons. The van der Waals surface area contributed by atoms with Crippen molar-refractivity contribution in [3.8, 4) is 0 Å². The molecule has 0 saturated heterocycles. The normalized spacial score (nSPS) is 12.2. The summed E-state index contributed by atoms with van der Waals surface area (Å²) in [5.74, 6) is 0.434. The molecule has 1 unspecified atom stereocenters. The van der Waals surface area contributed by atoms with Gasteiger partial charge in [0.15, 0.2) is 0 Å². The molecule has 0 fully saturated rings. The van der Waals surface area contributed by atoms with E-state index in [1.54, 1.807) is 6.07 Å². The predicted octanol–water partition coefficient (Wildman–Crippen LogP) is 5.21. The summed E-state index contributed by atoms with van der Waals surface area (Å²) in [7, 11) is 0. The summed E-state index contributed by atoms with van der Waals surface area (Å²) in [6.45, 7) is 3.04. The van der Waals surface area contributed by atoms with Crippen molar-refractivity contribution < 1.29 is 0 Å². The summed E-state index contributed by atoms with van der Waals surface area (Å²) in [5.41, 5.74) is 2.27. The van der Waals surface area contributed by atoms with Crippen LogP contribution >= 0.6 is 23.2 Å². The first-order chi connectivity index (χ1) is 8.65. The number of halogens is 2. The van der Waals surface area contributed by atoms with Crippen LogP contribution < -0.4 is 5.32 Å². The summed E-state index contributed by atoms with van der Waals surface area (Å²) in [6, 6.07) is 15.9. The summed E-state index contributed by atoms with van der Waals surface area (Å²) in [4.78, 5) is 0. The van der Waals surface area contributed by atoms with Crippen molar-refractivity contribution in [2.24, 2.45) is 0 Å². The molecule has 0 amide bonds. The van der Waals surface area contributed by atoms with Gasteiger partial charge in [-0.3, -0.25) is 0 Å². The van der Waals surface area contributed by atoms with Crippen LogP contribution in [0, 0.1) is 0 Å². The molecular formula is C15H15Cl2N. The third-order valence-corrected chi connectivity index (χ3v) is 3.28. The van der Waals surface area contributed by atoms with Gasteiger partial charge in [0.25, 0.3) is 0 Å². The van der Waals surface area contributed by atoms with E-state index >= 15 is 0 Å². The lowest BCUT2D eigenvalue weighted by atomic mass is 10.0. The number of hydrogen-bond acceptors (Lipinski definition) is 1. The zero-order chi connectivity index (χ0) is 13.0. The van der Waals surface area contributed by atoms with Gasteiger partial charge in [-0.2, -0.15) is 0 Å². The maximum absolute atomic E-state index is 5.96. The van der Waals surface area contributed by atoms with Crippen LogP contribution in [0.25, 0.3) is 0 Å². The molecule has 1 atom stereocenters. The molecule has 2 aromatic rings. The Labute approximate surface area is 118 Å². The fourth-order valence-electron chi connectivity index (χ4n) is 1.83. The standard InChI is InChI=1S/C15H15Cl2N/c1-11(12-5-3-2-4-6-12)10-18-15-8-13(16)7-14(17)9-15/h2-9,11,18H,10H2,1H3. The third-order valence-electron chi connectivity index (χ3n) is 2.84. The SMILES string of the molecule is CC(CNc1cc(Cl)cc(Cl)c1)c1ccccc1. The van der Waals surface area contributed by atoms with Gasteiger partial charge in [-0.05, 0) is 29.7 Å². The monoisotopic (exact) mass is 279 g/mol. The summed E-state index contributed by atoms with van der Waals surface area (Å²) in [5, 5.41) is 4.66. The molecule has 2 aromatic carbocycles. The van der Waals surface area contributed by atoms with E-state index in [4.69, 9.17) is 23.2 Å². The Bertz CT molecular complexity index is 491. The first-order valence-electron chi connectivity index (χ1n) is 5.90. The van der Waals surface area contributed by atoms with Gasteiger partial charge < -0.3 is 5.32 Å². The molecule has 18 heavy (non-hydrogen) atoms. The van der Waals surface area contributed by atoms with Gasteiger partial charge in [0.05, 0.1) is 0 Å². The maximum atomic E-state index is 5.96. The van der Waals surface area contributed by atoms with E-state index in [-0.39, 0.29) is 0 Å². The Kier molecular flexibility index (Phi) is 4.51. The van der Waals surface area contributed by atoms with Crippen molar-refractivity contribution in [3.05, 3.63) is 64.1 Å². The molecule has 0 bridgehead atoms. The largest absolute Gasteiger partial charge is 0.384 e. The van der Waals surface area contributed by atoms with Crippen LogP contribution in [0.5, 0.6) is 0 Å². The number of benzene rings is 2. The molecule has 94 valence electrons. The number of anilines is 1. The van der Waals surface area contributed by atoms with E-state index in [1.807, 2.05) is 18.2 Å². The summed E-state index contributed by atoms with van der Waals surface area (Å²) >= 11 is 11.9. The van der Waals surface area contributed by atoms with Crippen molar-refractivity contribution in [2.75, 3.05) is 11.9 Å². The van der Waals surface area contributed by atoms with E-state index in [0.717, 1.165) is 12.2 Å². The minimum atomic E-state index is 0.434. The van der Waals surface area contributed by atoms with Crippen molar-refractivity contribution in [3.63, 3.8) is 0 Å². The quantitative estimate of drug-likeness (QED) is 0.810. The molecule has 0 saturated carbocycles. The highest BCUT2D eigenvalue weighted by atomic mass is 35.5. The van der Waals surface area contributed by atoms with Crippen LogP contribution in [-0.4, -0.2) is 6.54 Å². The highest BCUT2D eigenvalue weighted by Crippen LogP contribution is 2.23. The molecule has 1 nitrogen and oxygen atoms in total. The molecule has 1 N–H and O–H groups in total. The van der Waals surface area contributed by atoms with Crippen LogP contribution in [0.1, 0.15) is 18.4 Å². The zero-order valence-electron chi connectivity index (χ0n) is 10.2. The van der Waals surface area contributed by atoms with E-state index in [2.05, 4.69) is 36.5 Å². The van der Waals surface area contributed by atoms with Crippen molar-refractivity contribution in [2.45, 2.75) is 12.8 Å². The van der Waals surface area contributed by atoms with E-state index < -0.39 is 0 Å². The predicted molar refractivity (Wildman–Crippen MR) is 79.8 cm³/mol. The highest BCUT2D eigenvalue weighted by Gasteiger charge is 2.05. The summed E-state index contributed by atoms with van der Waals surface area (Å²) < 4.78 is 0. The fourth-order valence-corrected chi connectivity index (χ4v) is 2.35.